The van der Waals surface area contributed by atoms with E-state index in [4.69, 9.17) is 21.1 Å². The molecule has 170 valence electrons. The number of hydrogen-bond donors (Lipinski definition) is 3. The number of carbonyl (C=O) groups is 2. The number of nitrogens with one attached hydrogen (secondary N) is 2. The fourth-order valence-corrected chi connectivity index (χ4v) is 4.74. The average molecular weight is 485 g/mol. The minimum Gasteiger partial charge on any atom is -0.504 e. The van der Waals surface area contributed by atoms with E-state index >= 15 is 0 Å². The SMILES string of the molecule is COC(=O)C1=C(CS(=O)(=O)c2ccc(F)c(Cl)c2)NC(=O)NC1c1ccc(O)c(OC)c1. The maximum Gasteiger partial charge on any atom is 0.338 e. The number of sulfone groups is 1. The lowest BCUT2D eigenvalue weighted by Gasteiger charge is -2.29. The van der Waals surface area contributed by atoms with Crippen LogP contribution in [0.25, 0.3) is 0 Å². The molecule has 1 aliphatic rings. The normalized spacial score (nSPS) is 16.2. The molecule has 0 bridgehead atoms. The lowest BCUT2D eigenvalue weighted by Crippen LogP contribution is -2.47. The molecular weight excluding hydrogens is 467 g/mol. The van der Waals surface area contributed by atoms with Gasteiger partial charge >= 0.3 is 12.0 Å². The molecule has 12 heteroatoms. The number of aromatic hydroxyl groups is 1. The lowest BCUT2D eigenvalue weighted by atomic mass is 9.95. The predicted molar refractivity (Wildman–Crippen MR) is 112 cm³/mol. The summed E-state index contributed by atoms with van der Waals surface area (Å²) < 4.78 is 49.2. The Balaban J connectivity index is 2.12. The third kappa shape index (κ3) is 4.63. The zero-order chi connectivity index (χ0) is 23.6. The highest BCUT2D eigenvalue weighted by molar-refractivity contribution is 7.91. The van der Waals surface area contributed by atoms with E-state index in [1.54, 1.807) is 0 Å². The van der Waals surface area contributed by atoms with Gasteiger partial charge in [-0.2, -0.15) is 0 Å². The summed E-state index contributed by atoms with van der Waals surface area (Å²) in [6.45, 7) is 0. The smallest absolute Gasteiger partial charge is 0.338 e. The van der Waals surface area contributed by atoms with Crippen molar-refractivity contribution in [1.29, 1.82) is 0 Å². The van der Waals surface area contributed by atoms with Gasteiger partial charge in [-0.15, -0.1) is 0 Å². The Labute approximate surface area is 187 Å². The monoisotopic (exact) mass is 484 g/mol. The van der Waals surface area contributed by atoms with E-state index in [0.717, 1.165) is 25.3 Å². The first kappa shape index (κ1) is 23.4. The summed E-state index contributed by atoms with van der Waals surface area (Å²) in [4.78, 5) is 24.6. The van der Waals surface area contributed by atoms with Crippen molar-refractivity contribution in [3.05, 3.63) is 64.1 Å². The van der Waals surface area contributed by atoms with Crippen LogP contribution in [0.3, 0.4) is 0 Å². The van der Waals surface area contributed by atoms with Gasteiger partial charge in [-0.25, -0.2) is 22.4 Å². The van der Waals surface area contributed by atoms with Crippen molar-refractivity contribution in [2.45, 2.75) is 10.9 Å². The van der Waals surface area contributed by atoms with Gasteiger partial charge in [0.1, 0.15) is 5.82 Å². The number of methoxy groups -OCH3 is 2. The minimum absolute atomic E-state index is 0.0784. The zero-order valence-electron chi connectivity index (χ0n) is 16.8. The Morgan fingerprint density at radius 3 is 2.56 bits per heavy atom. The number of phenolic OH excluding ortho intramolecular Hbond substituents is 1. The van der Waals surface area contributed by atoms with E-state index in [1.165, 1.54) is 25.3 Å². The van der Waals surface area contributed by atoms with Crippen LogP contribution < -0.4 is 15.4 Å². The van der Waals surface area contributed by atoms with E-state index in [9.17, 15) is 27.5 Å². The molecule has 0 spiro atoms. The molecule has 1 aliphatic heterocycles. The van der Waals surface area contributed by atoms with Crippen molar-refractivity contribution in [3.63, 3.8) is 0 Å². The lowest BCUT2D eigenvalue weighted by molar-refractivity contribution is -0.136. The van der Waals surface area contributed by atoms with Crippen molar-refractivity contribution in [1.82, 2.24) is 10.6 Å². The van der Waals surface area contributed by atoms with Crippen LogP contribution >= 0.6 is 11.6 Å². The molecular formula is C20H18ClFN2O7S. The van der Waals surface area contributed by atoms with Crippen LogP contribution in [-0.2, 0) is 19.4 Å². The standard InChI is InChI=1S/C20H18ClFN2O7S/c1-30-16-7-10(3-6-15(16)25)18-17(19(26)31-2)14(23-20(27)24-18)9-32(28,29)11-4-5-13(22)12(21)8-11/h3-8,18,25H,9H2,1-2H3,(H2,23,24,27). The van der Waals surface area contributed by atoms with Gasteiger partial charge < -0.3 is 25.2 Å². The molecule has 0 radical (unpaired) electrons. The number of hydrogen-bond acceptors (Lipinski definition) is 7. The van der Waals surface area contributed by atoms with E-state index in [-0.39, 0.29) is 27.7 Å². The molecule has 0 saturated carbocycles. The van der Waals surface area contributed by atoms with Crippen molar-refractivity contribution in [2.75, 3.05) is 20.0 Å². The van der Waals surface area contributed by atoms with Gasteiger partial charge in [-0.1, -0.05) is 17.7 Å². The molecule has 0 aliphatic carbocycles. The first-order chi connectivity index (χ1) is 15.1. The van der Waals surface area contributed by atoms with Gasteiger partial charge in [0.2, 0.25) is 0 Å². The molecule has 2 aromatic rings. The number of esters is 1. The Bertz CT molecular complexity index is 1230. The highest BCUT2D eigenvalue weighted by atomic mass is 35.5. The molecule has 32 heavy (non-hydrogen) atoms. The molecule has 0 aromatic heterocycles. The Kier molecular flexibility index (Phi) is 6.60. The summed E-state index contributed by atoms with van der Waals surface area (Å²) in [5.74, 6) is -2.57. The van der Waals surface area contributed by atoms with Crippen molar-refractivity contribution in [3.8, 4) is 11.5 Å². The first-order valence-electron chi connectivity index (χ1n) is 9.01. The van der Waals surface area contributed by atoms with Gasteiger partial charge in [0.05, 0.1) is 41.5 Å². The second-order valence-electron chi connectivity index (χ2n) is 6.68. The predicted octanol–water partition coefficient (Wildman–Crippen LogP) is 2.45. The molecule has 2 aromatic carbocycles. The summed E-state index contributed by atoms with van der Waals surface area (Å²) in [6, 6.07) is 5.12. The Hall–Kier alpha value is -3.31. The number of amides is 2. The third-order valence-corrected chi connectivity index (χ3v) is 6.61. The summed E-state index contributed by atoms with van der Waals surface area (Å²) in [7, 11) is -1.72. The van der Waals surface area contributed by atoms with Gasteiger partial charge in [0.25, 0.3) is 0 Å². The first-order valence-corrected chi connectivity index (χ1v) is 11.0. The summed E-state index contributed by atoms with van der Waals surface area (Å²) >= 11 is 5.69. The molecule has 3 N–H and O–H groups in total. The summed E-state index contributed by atoms with van der Waals surface area (Å²) in [6.07, 6.45) is 0. The van der Waals surface area contributed by atoms with Crippen molar-refractivity contribution < 1.29 is 37.0 Å². The van der Waals surface area contributed by atoms with Gasteiger partial charge in [-0.05, 0) is 35.9 Å². The maximum atomic E-state index is 13.4. The second-order valence-corrected chi connectivity index (χ2v) is 9.08. The molecule has 0 saturated heterocycles. The minimum atomic E-state index is -4.15. The average Bonchev–Trinajstić information content (AvgIpc) is 2.74. The fraction of sp³-hybridized carbons (Fsp3) is 0.200. The van der Waals surface area contributed by atoms with Gasteiger partial charge in [0, 0.05) is 5.70 Å². The number of halogens is 2. The fourth-order valence-electron chi connectivity index (χ4n) is 3.15. The molecule has 9 nitrogen and oxygen atoms in total. The molecule has 1 atom stereocenters. The molecule has 1 heterocycles. The Morgan fingerprint density at radius 2 is 1.94 bits per heavy atom. The number of carbonyl (C=O) groups excluding carboxylic acids is 2. The molecule has 3 rings (SSSR count). The van der Waals surface area contributed by atoms with Crippen LogP contribution in [0.4, 0.5) is 9.18 Å². The van der Waals surface area contributed by atoms with Crippen molar-refractivity contribution >= 4 is 33.4 Å². The van der Waals surface area contributed by atoms with E-state index in [2.05, 4.69) is 10.6 Å². The number of urea groups is 1. The van der Waals surface area contributed by atoms with Crippen LogP contribution in [-0.4, -0.2) is 45.5 Å². The van der Waals surface area contributed by atoms with Crippen LogP contribution in [0, 0.1) is 5.82 Å². The molecule has 1 unspecified atom stereocenters. The van der Waals surface area contributed by atoms with Crippen molar-refractivity contribution in [2.24, 2.45) is 0 Å². The Morgan fingerprint density at radius 1 is 1.22 bits per heavy atom. The van der Waals surface area contributed by atoms with Gasteiger partial charge in [-0.3, -0.25) is 0 Å². The molecule has 2 amide bonds. The molecule has 0 fully saturated rings. The van der Waals surface area contributed by atoms with Crippen LogP contribution in [0.15, 0.2) is 52.6 Å². The zero-order valence-corrected chi connectivity index (χ0v) is 18.4. The van der Waals surface area contributed by atoms with Crippen LogP contribution in [0.2, 0.25) is 5.02 Å². The van der Waals surface area contributed by atoms with Crippen LogP contribution in [0.5, 0.6) is 11.5 Å². The van der Waals surface area contributed by atoms with Crippen LogP contribution in [0.1, 0.15) is 11.6 Å². The number of rotatable bonds is 6. The second kappa shape index (κ2) is 9.05. The van der Waals surface area contributed by atoms with E-state index < -0.39 is 44.5 Å². The van der Waals surface area contributed by atoms with E-state index in [1.807, 2.05) is 0 Å². The topological polar surface area (TPSA) is 131 Å². The highest BCUT2D eigenvalue weighted by Gasteiger charge is 2.36. The van der Waals surface area contributed by atoms with Gasteiger partial charge in [0.15, 0.2) is 21.3 Å². The highest BCUT2D eigenvalue weighted by Crippen LogP contribution is 2.34. The summed E-state index contributed by atoms with van der Waals surface area (Å²) in [5.41, 5.74) is -0.0654. The number of phenols is 1. The van der Waals surface area contributed by atoms with E-state index in [0.29, 0.717) is 5.56 Å². The number of ether oxygens (including phenoxy) is 2. The summed E-state index contributed by atoms with van der Waals surface area (Å²) in [5, 5.41) is 14.3. The number of benzene rings is 2. The third-order valence-electron chi connectivity index (χ3n) is 4.68. The quantitative estimate of drug-likeness (QED) is 0.424. The maximum absolute atomic E-state index is 13.4. The largest absolute Gasteiger partial charge is 0.504 e.